The fourth-order valence-electron chi connectivity index (χ4n) is 2.84. The van der Waals surface area contributed by atoms with Crippen molar-refractivity contribution in [3.63, 3.8) is 0 Å². The van der Waals surface area contributed by atoms with Crippen LogP contribution >= 0.6 is 0 Å². The van der Waals surface area contributed by atoms with E-state index in [0.29, 0.717) is 0 Å². The van der Waals surface area contributed by atoms with Crippen molar-refractivity contribution in [2.24, 2.45) is 5.92 Å². The smallest absolute Gasteiger partial charge is 0.0659 e. The second-order valence-electron chi connectivity index (χ2n) is 6.29. The average molecular weight is 305 g/mol. The zero-order valence-corrected chi connectivity index (χ0v) is 14.4. The van der Waals surface area contributed by atoms with Crippen LogP contribution in [-0.2, 0) is 12.8 Å². The molecular weight excluding hydrogens is 278 g/mol. The van der Waals surface area contributed by atoms with Crippen molar-refractivity contribution < 1.29 is 0 Å². The molecule has 23 heavy (non-hydrogen) atoms. The van der Waals surface area contributed by atoms with Crippen LogP contribution in [0.4, 0.5) is 0 Å². The lowest BCUT2D eigenvalue weighted by molar-refractivity contribution is 0.638. The average Bonchev–Trinajstić information content (AvgIpc) is 2.61. The Kier molecular flexibility index (Phi) is 6.88. The van der Waals surface area contributed by atoms with Gasteiger partial charge in [0.15, 0.2) is 0 Å². The van der Waals surface area contributed by atoms with Gasteiger partial charge >= 0.3 is 0 Å². The third-order valence-corrected chi connectivity index (χ3v) is 4.47. The molecule has 0 heterocycles. The van der Waals surface area contributed by atoms with Gasteiger partial charge in [0.1, 0.15) is 0 Å². The first-order valence-electron chi connectivity index (χ1n) is 8.84. The highest BCUT2D eigenvalue weighted by molar-refractivity contribution is 5.64. The predicted octanol–water partition coefficient (Wildman–Crippen LogP) is 6.18. The van der Waals surface area contributed by atoms with Crippen molar-refractivity contribution in [1.82, 2.24) is 0 Å². The number of benzene rings is 2. The lowest BCUT2D eigenvalue weighted by Crippen LogP contribution is -1.99. The van der Waals surface area contributed by atoms with E-state index in [1.54, 1.807) is 0 Å². The molecule has 0 saturated heterocycles. The minimum atomic E-state index is 0.128. The predicted molar refractivity (Wildman–Crippen MR) is 98.2 cm³/mol. The third kappa shape index (κ3) is 5.25. The highest BCUT2D eigenvalue weighted by atomic mass is 14.3. The molecule has 0 aromatic heterocycles. The standard InChI is InChI=1S/C22H27N/c1-3-5-6-7-19-8-12-21(13-9-19)22-14-10-20(11-15-22)16-18(4-2)17-23/h8-15,18H,3-7,16H2,1-2H3. The van der Waals surface area contributed by atoms with Crippen LogP contribution in [0.5, 0.6) is 0 Å². The van der Waals surface area contributed by atoms with E-state index in [-0.39, 0.29) is 5.92 Å². The Morgan fingerprint density at radius 2 is 1.39 bits per heavy atom. The van der Waals surface area contributed by atoms with Gasteiger partial charge in [0, 0.05) is 0 Å². The second kappa shape index (κ2) is 9.16. The lowest BCUT2D eigenvalue weighted by atomic mass is 9.96. The Morgan fingerprint density at radius 1 is 0.826 bits per heavy atom. The van der Waals surface area contributed by atoms with Crippen molar-refractivity contribution in [2.75, 3.05) is 0 Å². The van der Waals surface area contributed by atoms with E-state index in [0.717, 1.165) is 12.8 Å². The van der Waals surface area contributed by atoms with E-state index in [2.05, 4.69) is 68.4 Å². The first-order chi connectivity index (χ1) is 11.3. The summed E-state index contributed by atoms with van der Waals surface area (Å²) in [6, 6.07) is 20.0. The summed E-state index contributed by atoms with van der Waals surface area (Å²) in [6.45, 7) is 4.32. The summed E-state index contributed by atoms with van der Waals surface area (Å²) in [4.78, 5) is 0. The zero-order chi connectivity index (χ0) is 16.5. The summed E-state index contributed by atoms with van der Waals surface area (Å²) >= 11 is 0. The van der Waals surface area contributed by atoms with Gasteiger partial charge < -0.3 is 0 Å². The van der Waals surface area contributed by atoms with Gasteiger partial charge in [0.2, 0.25) is 0 Å². The van der Waals surface area contributed by atoms with Crippen LogP contribution in [0.3, 0.4) is 0 Å². The number of unbranched alkanes of at least 4 members (excludes halogenated alkanes) is 2. The van der Waals surface area contributed by atoms with Gasteiger partial charge in [0.25, 0.3) is 0 Å². The number of nitriles is 1. The number of nitrogens with zero attached hydrogens (tertiary/aromatic N) is 1. The minimum absolute atomic E-state index is 0.128. The molecule has 0 saturated carbocycles. The molecule has 1 heteroatoms. The number of hydrogen-bond donors (Lipinski definition) is 0. The molecule has 0 aliphatic carbocycles. The Morgan fingerprint density at radius 3 is 1.87 bits per heavy atom. The Labute approximate surface area is 141 Å². The highest BCUT2D eigenvalue weighted by Gasteiger charge is 2.06. The van der Waals surface area contributed by atoms with Crippen LogP contribution in [-0.4, -0.2) is 0 Å². The Bertz CT molecular complexity index is 617. The van der Waals surface area contributed by atoms with E-state index in [1.165, 1.54) is 47.9 Å². The Balaban J connectivity index is 2.00. The molecule has 0 bridgehead atoms. The maximum Gasteiger partial charge on any atom is 0.0659 e. The SMILES string of the molecule is CCCCCc1ccc(-c2ccc(CC(C#N)CC)cc2)cc1. The molecule has 0 aliphatic heterocycles. The molecule has 0 spiro atoms. The Hall–Kier alpha value is -2.07. The first-order valence-corrected chi connectivity index (χ1v) is 8.84. The van der Waals surface area contributed by atoms with Gasteiger partial charge in [0.05, 0.1) is 12.0 Å². The quantitative estimate of drug-likeness (QED) is 0.534. The van der Waals surface area contributed by atoms with Crippen LogP contribution in [0, 0.1) is 17.2 Å². The molecule has 1 unspecified atom stereocenters. The molecule has 2 aromatic rings. The summed E-state index contributed by atoms with van der Waals surface area (Å²) in [7, 11) is 0. The molecular formula is C22H27N. The number of rotatable bonds is 8. The molecule has 1 atom stereocenters. The molecule has 0 fully saturated rings. The number of aryl methyl sites for hydroxylation is 1. The molecule has 120 valence electrons. The van der Waals surface area contributed by atoms with E-state index >= 15 is 0 Å². The van der Waals surface area contributed by atoms with Gasteiger partial charge in [-0.2, -0.15) is 5.26 Å². The van der Waals surface area contributed by atoms with Crippen molar-refractivity contribution in [3.8, 4) is 17.2 Å². The van der Waals surface area contributed by atoms with Crippen LogP contribution in [0.15, 0.2) is 48.5 Å². The molecule has 0 amide bonds. The highest BCUT2D eigenvalue weighted by Crippen LogP contribution is 2.22. The summed E-state index contributed by atoms with van der Waals surface area (Å²) in [5.74, 6) is 0.128. The van der Waals surface area contributed by atoms with E-state index in [1.807, 2.05) is 0 Å². The minimum Gasteiger partial charge on any atom is -0.198 e. The largest absolute Gasteiger partial charge is 0.198 e. The van der Waals surface area contributed by atoms with Gasteiger partial charge in [-0.05, 0) is 47.9 Å². The lowest BCUT2D eigenvalue weighted by Gasteiger charge is -2.08. The molecule has 0 aliphatic rings. The van der Waals surface area contributed by atoms with Crippen molar-refractivity contribution in [3.05, 3.63) is 59.7 Å². The van der Waals surface area contributed by atoms with E-state index < -0.39 is 0 Å². The van der Waals surface area contributed by atoms with Gasteiger partial charge in [-0.15, -0.1) is 0 Å². The number of hydrogen-bond acceptors (Lipinski definition) is 1. The van der Waals surface area contributed by atoms with Crippen molar-refractivity contribution in [2.45, 2.75) is 52.4 Å². The van der Waals surface area contributed by atoms with Gasteiger partial charge in [-0.3, -0.25) is 0 Å². The van der Waals surface area contributed by atoms with Crippen LogP contribution in [0.25, 0.3) is 11.1 Å². The van der Waals surface area contributed by atoms with E-state index in [4.69, 9.17) is 5.26 Å². The third-order valence-electron chi connectivity index (χ3n) is 4.47. The second-order valence-corrected chi connectivity index (χ2v) is 6.29. The van der Waals surface area contributed by atoms with Crippen molar-refractivity contribution >= 4 is 0 Å². The molecule has 1 nitrogen and oxygen atoms in total. The zero-order valence-electron chi connectivity index (χ0n) is 14.4. The summed E-state index contributed by atoms with van der Waals surface area (Å²) < 4.78 is 0. The summed E-state index contributed by atoms with van der Waals surface area (Å²) in [6.07, 6.45) is 6.81. The van der Waals surface area contributed by atoms with Crippen molar-refractivity contribution in [1.29, 1.82) is 5.26 Å². The summed E-state index contributed by atoms with van der Waals surface area (Å²) in [5, 5.41) is 9.07. The normalized spacial score (nSPS) is 11.9. The van der Waals surface area contributed by atoms with Gasteiger partial charge in [-0.25, -0.2) is 0 Å². The maximum absolute atomic E-state index is 9.07. The van der Waals surface area contributed by atoms with Crippen LogP contribution in [0.2, 0.25) is 0 Å². The fourth-order valence-corrected chi connectivity index (χ4v) is 2.84. The van der Waals surface area contributed by atoms with E-state index in [9.17, 15) is 0 Å². The van der Waals surface area contributed by atoms with Gasteiger partial charge in [-0.1, -0.05) is 75.2 Å². The molecule has 0 N–H and O–H groups in total. The van der Waals surface area contributed by atoms with Crippen LogP contribution in [0.1, 0.15) is 50.7 Å². The topological polar surface area (TPSA) is 23.8 Å². The molecule has 2 aromatic carbocycles. The maximum atomic E-state index is 9.07. The van der Waals surface area contributed by atoms with Crippen LogP contribution < -0.4 is 0 Å². The monoisotopic (exact) mass is 305 g/mol. The molecule has 0 radical (unpaired) electrons. The summed E-state index contributed by atoms with van der Waals surface area (Å²) in [5.41, 5.74) is 5.19. The molecule has 2 rings (SSSR count). The first kappa shape index (κ1) is 17.3. The fraction of sp³-hybridized carbons (Fsp3) is 0.409.